The van der Waals surface area contributed by atoms with Crippen LogP contribution in [0, 0.1) is 5.92 Å². The van der Waals surface area contributed by atoms with Crippen molar-refractivity contribution >= 4 is 33.1 Å². The number of hydrogen-bond donors (Lipinski definition) is 0. The SMILES string of the molecule is CC(C)Cn1cc(C=O)c2c(Br)cccc21. The quantitative estimate of drug-likeness (QED) is 0.782. The van der Waals surface area contributed by atoms with Gasteiger partial charge in [0.2, 0.25) is 0 Å². The maximum Gasteiger partial charge on any atom is 0.152 e. The second-order valence-corrected chi connectivity index (χ2v) is 5.24. The first kappa shape index (κ1) is 11.4. The van der Waals surface area contributed by atoms with Crippen LogP contribution in [0.5, 0.6) is 0 Å². The molecule has 2 aromatic rings. The second-order valence-electron chi connectivity index (χ2n) is 4.38. The molecule has 0 atom stereocenters. The van der Waals surface area contributed by atoms with Crippen LogP contribution in [0.25, 0.3) is 10.9 Å². The largest absolute Gasteiger partial charge is 0.346 e. The Bertz CT molecular complexity index is 528. The molecular weight excluding hydrogens is 266 g/mol. The van der Waals surface area contributed by atoms with Crippen LogP contribution in [-0.2, 0) is 6.54 Å². The monoisotopic (exact) mass is 279 g/mol. The van der Waals surface area contributed by atoms with Gasteiger partial charge in [-0.2, -0.15) is 0 Å². The van der Waals surface area contributed by atoms with Crippen molar-refractivity contribution in [3.63, 3.8) is 0 Å². The minimum Gasteiger partial charge on any atom is -0.346 e. The topological polar surface area (TPSA) is 22.0 Å². The van der Waals surface area contributed by atoms with E-state index < -0.39 is 0 Å². The molecule has 0 fully saturated rings. The second kappa shape index (κ2) is 4.42. The van der Waals surface area contributed by atoms with Crippen molar-refractivity contribution in [3.8, 4) is 0 Å². The summed E-state index contributed by atoms with van der Waals surface area (Å²) in [7, 11) is 0. The molecule has 0 aliphatic carbocycles. The number of carbonyl (C=O) groups is 1. The van der Waals surface area contributed by atoms with Crippen molar-refractivity contribution in [2.24, 2.45) is 5.92 Å². The van der Waals surface area contributed by atoms with E-state index in [0.717, 1.165) is 33.8 Å². The molecule has 0 N–H and O–H groups in total. The Morgan fingerprint density at radius 2 is 2.19 bits per heavy atom. The van der Waals surface area contributed by atoms with Crippen LogP contribution in [0.1, 0.15) is 24.2 Å². The van der Waals surface area contributed by atoms with Crippen LogP contribution < -0.4 is 0 Å². The summed E-state index contributed by atoms with van der Waals surface area (Å²) in [6.45, 7) is 5.27. The average molecular weight is 280 g/mol. The van der Waals surface area contributed by atoms with Crippen molar-refractivity contribution in [2.75, 3.05) is 0 Å². The predicted octanol–water partition coefficient (Wildman–Crippen LogP) is 3.87. The van der Waals surface area contributed by atoms with Gasteiger partial charge in [-0.1, -0.05) is 35.8 Å². The summed E-state index contributed by atoms with van der Waals surface area (Å²) in [4.78, 5) is 11.0. The molecule has 0 amide bonds. The third-order valence-corrected chi connectivity index (χ3v) is 3.23. The molecule has 0 bridgehead atoms. The molecule has 0 radical (unpaired) electrons. The number of nitrogens with zero attached hydrogens (tertiary/aromatic N) is 1. The summed E-state index contributed by atoms with van der Waals surface area (Å²) in [6.07, 6.45) is 2.85. The van der Waals surface area contributed by atoms with Gasteiger partial charge in [0.05, 0.1) is 0 Å². The van der Waals surface area contributed by atoms with E-state index >= 15 is 0 Å². The van der Waals surface area contributed by atoms with E-state index in [1.54, 1.807) is 0 Å². The minimum atomic E-state index is 0.564. The van der Waals surface area contributed by atoms with Crippen LogP contribution >= 0.6 is 15.9 Å². The number of carbonyl (C=O) groups excluding carboxylic acids is 1. The Kier molecular flexibility index (Phi) is 3.15. The normalized spacial score (nSPS) is 11.2. The first-order valence-electron chi connectivity index (χ1n) is 5.36. The first-order chi connectivity index (χ1) is 7.63. The van der Waals surface area contributed by atoms with Crippen molar-refractivity contribution in [3.05, 3.63) is 34.4 Å². The molecule has 3 heteroatoms. The van der Waals surface area contributed by atoms with Crippen molar-refractivity contribution in [2.45, 2.75) is 20.4 Å². The van der Waals surface area contributed by atoms with Crippen molar-refractivity contribution in [1.82, 2.24) is 4.57 Å². The highest BCUT2D eigenvalue weighted by Gasteiger charge is 2.11. The van der Waals surface area contributed by atoms with Crippen molar-refractivity contribution < 1.29 is 4.79 Å². The Hall–Kier alpha value is -1.09. The van der Waals surface area contributed by atoms with Crippen LogP contribution in [-0.4, -0.2) is 10.9 Å². The molecular formula is C13H14BrNO. The van der Waals surface area contributed by atoms with Gasteiger partial charge < -0.3 is 4.57 Å². The van der Waals surface area contributed by atoms with E-state index in [1.165, 1.54) is 0 Å². The summed E-state index contributed by atoms with van der Waals surface area (Å²) in [5.41, 5.74) is 1.87. The highest BCUT2D eigenvalue weighted by Crippen LogP contribution is 2.28. The molecule has 2 rings (SSSR count). The molecule has 0 aliphatic rings. The number of benzene rings is 1. The Morgan fingerprint density at radius 1 is 1.44 bits per heavy atom. The molecule has 2 nitrogen and oxygen atoms in total. The van der Waals surface area contributed by atoms with E-state index in [-0.39, 0.29) is 0 Å². The summed E-state index contributed by atoms with van der Waals surface area (Å²) < 4.78 is 3.13. The smallest absolute Gasteiger partial charge is 0.152 e. The van der Waals surface area contributed by atoms with Gasteiger partial charge in [0.25, 0.3) is 0 Å². The molecule has 84 valence electrons. The average Bonchev–Trinajstić information content (AvgIpc) is 2.57. The van der Waals surface area contributed by atoms with Gasteiger partial charge >= 0.3 is 0 Å². The van der Waals surface area contributed by atoms with E-state index in [0.29, 0.717) is 5.92 Å². The van der Waals surface area contributed by atoms with Gasteiger partial charge in [-0.3, -0.25) is 4.79 Å². The molecule has 1 heterocycles. The maximum absolute atomic E-state index is 11.0. The summed E-state index contributed by atoms with van der Waals surface area (Å²) in [5.74, 6) is 0.564. The van der Waals surface area contributed by atoms with Crippen LogP contribution in [0.4, 0.5) is 0 Å². The van der Waals surface area contributed by atoms with Gasteiger partial charge in [-0.15, -0.1) is 0 Å². The lowest BCUT2D eigenvalue weighted by Crippen LogP contribution is -2.02. The Labute approximate surface area is 103 Å². The molecule has 16 heavy (non-hydrogen) atoms. The zero-order chi connectivity index (χ0) is 11.7. The third kappa shape index (κ3) is 1.92. The fourth-order valence-electron chi connectivity index (χ4n) is 1.97. The summed E-state index contributed by atoms with van der Waals surface area (Å²) in [6, 6.07) is 6.02. The molecule has 0 unspecified atom stereocenters. The van der Waals surface area contributed by atoms with E-state index in [4.69, 9.17) is 0 Å². The maximum atomic E-state index is 11.0. The number of fused-ring (bicyclic) bond motifs is 1. The van der Waals surface area contributed by atoms with Gasteiger partial charge in [0.1, 0.15) is 0 Å². The number of aldehydes is 1. The lowest BCUT2D eigenvalue weighted by Gasteiger charge is -2.08. The highest BCUT2D eigenvalue weighted by atomic mass is 79.9. The van der Waals surface area contributed by atoms with E-state index in [2.05, 4.69) is 40.4 Å². The minimum absolute atomic E-state index is 0.564. The van der Waals surface area contributed by atoms with Gasteiger partial charge in [0, 0.05) is 33.7 Å². The molecule has 0 saturated heterocycles. The molecule has 0 spiro atoms. The molecule has 0 saturated carbocycles. The lowest BCUT2D eigenvalue weighted by atomic mass is 10.2. The van der Waals surface area contributed by atoms with E-state index in [9.17, 15) is 4.79 Å². The fraction of sp³-hybridized carbons (Fsp3) is 0.308. The highest BCUT2D eigenvalue weighted by molar-refractivity contribution is 9.10. The Morgan fingerprint density at radius 3 is 2.81 bits per heavy atom. The number of aromatic nitrogens is 1. The van der Waals surface area contributed by atoms with Crippen LogP contribution in [0.2, 0.25) is 0 Å². The van der Waals surface area contributed by atoms with Gasteiger partial charge in [-0.25, -0.2) is 0 Å². The molecule has 0 aliphatic heterocycles. The number of rotatable bonds is 3. The zero-order valence-corrected chi connectivity index (χ0v) is 11.0. The number of hydrogen-bond acceptors (Lipinski definition) is 1. The number of halogens is 1. The third-order valence-electron chi connectivity index (χ3n) is 2.57. The standard InChI is InChI=1S/C13H14BrNO/c1-9(2)6-15-7-10(8-16)13-11(14)4-3-5-12(13)15/h3-5,7-9H,6H2,1-2H3. The molecule has 1 aromatic heterocycles. The van der Waals surface area contributed by atoms with Crippen LogP contribution in [0.15, 0.2) is 28.9 Å². The van der Waals surface area contributed by atoms with Gasteiger partial charge in [0.15, 0.2) is 6.29 Å². The van der Waals surface area contributed by atoms with Gasteiger partial charge in [-0.05, 0) is 18.1 Å². The zero-order valence-electron chi connectivity index (χ0n) is 9.40. The predicted molar refractivity (Wildman–Crippen MR) is 69.9 cm³/mol. The lowest BCUT2D eigenvalue weighted by molar-refractivity contribution is 0.112. The molecule has 1 aromatic carbocycles. The van der Waals surface area contributed by atoms with Crippen LogP contribution in [0.3, 0.4) is 0 Å². The first-order valence-corrected chi connectivity index (χ1v) is 6.15. The summed E-state index contributed by atoms with van der Waals surface area (Å²) in [5, 5.41) is 1.01. The van der Waals surface area contributed by atoms with E-state index in [1.807, 2.05) is 18.3 Å². The Balaban J connectivity index is 2.68. The van der Waals surface area contributed by atoms with Crippen molar-refractivity contribution in [1.29, 1.82) is 0 Å². The summed E-state index contributed by atoms with van der Waals surface area (Å²) >= 11 is 3.50. The fourth-order valence-corrected chi connectivity index (χ4v) is 2.56.